The highest BCUT2D eigenvalue weighted by Crippen LogP contribution is 2.57. The first-order valence-corrected chi connectivity index (χ1v) is 10.6. The summed E-state index contributed by atoms with van der Waals surface area (Å²) in [6.45, 7) is 5.55. The highest BCUT2D eigenvalue weighted by Gasteiger charge is 2.60. The molecule has 0 bridgehead atoms. The van der Waals surface area contributed by atoms with Crippen molar-refractivity contribution in [2.45, 2.75) is 50.5 Å². The van der Waals surface area contributed by atoms with E-state index in [4.69, 9.17) is 15.2 Å². The standard InChI is InChI=1S/C24H25NO7/c1-10-5-4-6-12-14(10)20(27)18-17(19(12)26)21(28)15-11(2)24(30,23(3)31-7-8-32-23)9-13(25)16(15)22(18)29/h4-6,11,13,28-30H,7-9,25H2,1-3H3/t11?,13?,24-/m1/s1. The Morgan fingerprint density at radius 2 is 1.59 bits per heavy atom. The molecule has 5 rings (SSSR count). The smallest absolute Gasteiger partial charge is 0.198 e. The molecule has 1 fully saturated rings. The van der Waals surface area contributed by atoms with Gasteiger partial charge in [-0.25, -0.2) is 0 Å². The van der Waals surface area contributed by atoms with Gasteiger partial charge >= 0.3 is 0 Å². The molecular weight excluding hydrogens is 414 g/mol. The maximum atomic E-state index is 13.4. The molecule has 2 aromatic rings. The summed E-state index contributed by atoms with van der Waals surface area (Å²) in [6.07, 6.45) is -0.0405. The zero-order valence-corrected chi connectivity index (χ0v) is 18.1. The van der Waals surface area contributed by atoms with Gasteiger partial charge in [0.1, 0.15) is 17.1 Å². The van der Waals surface area contributed by atoms with Crippen molar-refractivity contribution in [3.8, 4) is 11.5 Å². The van der Waals surface area contributed by atoms with Crippen LogP contribution in [0.1, 0.15) is 80.8 Å². The lowest BCUT2D eigenvalue weighted by Crippen LogP contribution is -2.59. The molecule has 0 radical (unpaired) electrons. The minimum atomic E-state index is -1.65. The van der Waals surface area contributed by atoms with Crippen LogP contribution in [0.3, 0.4) is 0 Å². The Kier molecular flexibility index (Phi) is 4.36. The first-order valence-electron chi connectivity index (χ1n) is 10.6. The number of carbonyl (C=O) groups is 2. The number of rotatable bonds is 1. The molecule has 1 aliphatic heterocycles. The molecule has 3 aliphatic rings. The summed E-state index contributed by atoms with van der Waals surface area (Å²) in [5.41, 5.74) is 5.45. The number of ether oxygens (including phenoxy) is 2. The third-order valence-electron chi connectivity index (χ3n) is 7.40. The Hall–Kier alpha value is -2.78. The Morgan fingerprint density at radius 3 is 2.25 bits per heavy atom. The lowest BCUT2D eigenvalue weighted by Gasteiger charge is -2.49. The molecule has 8 heteroatoms. The van der Waals surface area contributed by atoms with Gasteiger partial charge in [-0.2, -0.15) is 0 Å². The zero-order valence-electron chi connectivity index (χ0n) is 18.1. The van der Waals surface area contributed by atoms with Gasteiger partial charge in [-0.15, -0.1) is 0 Å². The molecule has 168 valence electrons. The molecule has 5 N–H and O–H groups in total. The third-order valence-corrected chi connectivity index (χ3v) is 7.40. The number of aromatic hydroxyl groups is 2. The van der Waals surface area contributed by atoms with Gasteiger partial charge in [0.05, 0.1) is 24.3 Å². The van der Waals surface area contributed by atoms with Gasteiger partial charge in [0.25, 0.3) is 0 Å². The quantitative estimate of drug-likeness (QED) is 0.423. The molecule has 3 atom stereocenters. The highest BCUT2D eigenvalue weighted by molar-refractivity contribution is 6.31. The normalized spacial score (nSPS) is 28.3. The number of benzene rings is 2. The van der Waals surface area contributed by atoms with Crippen LogP contribution in [0.5, 0.6) is 11.5 Å². The summed E-state index contributed by atoms with van der Waals surface area (Å²) in [6, 6.07) is 3.95. The van der Waals surface area contributed by atoms with Crippen molar-refractivity contribution in [3.05, 3.63) is 57.1 Å². The van der Waals surface area contributed by atoms with Crippen LogP contribution in [0.15, 0.2) is 18.2 Å². The summed E-state index contributed by atoms with van der Waals surface area (Å²) in [4.78, 5) is 26.7. The monoisotopic (exact) mass is 439 g/mol. The topological polar surface area (TPSA) is 139 Å². The molecular formula is C24H25NO7. The second kappa shape index (κ2) is 6.62. The van der Waals surface area contributed by atoms with E-state index in [1.807, 2.05) is 0 Å². The van der Waals surface area contributed by atoms with E-state index in [1.165, 1.54) is 6.07 Å². The number of aliphatic hydroxyl groups is 1. The number of carbonyl (C=O) groups excluding carboxylic acids is 2. The van der Waals surface area contributed by atoms with Gasteiger partial charge in [0, 0.05) is 40.6 Å². The van der Waals surface area contributed by atoms with Gasteiger partial charge < -0.3 is 30.5 Å². The molecule has 0 spiro atoms. The number of hydrogen-bond acceptors (Lipinski definition) is 8. The first-order chi connectivity index (χ1) is 15.0. The minimum Gasteiger partial charge on any atom is -0.507 e. The van der Waals surface area contributed by atoms with Crippen molar-refractivity contribution in [1.82, 2.24) is 0 Å². The van der Waals surface area contributed by atoms with E-state index in [0.29, 0.717) is 5.56 Å². The predicted molar refractivity (Wildman–Crippen MR) is 113 cm³/mol. The maximum Gasteiger partial charge on any atom is 0.198 e. The molecule has 2 unspecified atom stereocenters. The predicted octanol–water partition coefficient (Wildman–Crippen LogP) is 2.18. The molecule has 32 heavy (non-hydrogen) atoms. The van der Waals surface area contributed by atoms with E-state index >= 15 is 0 Å². The van der Waals surface area contributed by atoms with Crippen LogP contribution in [0.4, 0.5) is 0 Å². The number of nitrogens with two attached hydrogens (primary N) is 1. The van der Waals surface area contributed by atoms with E-state index < -0.39 is 46.4 Å². The van der Waals surface area contributed by atoms with Crippen molar-refractivity contribution in [2.24, 2.45) is 5.73 Å². The molecule has 2 aliphatic carbocycles. The molecule has 0 aromatic heterocycles. The lowest BCUT2D eigenvalue weighted by atomic mass is 9.64. The van der Waals surface area contributed by atoms with E-state index in [2.05, 4.69) is 0 Å². The fourth-order valence-corrected chi connectivity index (χ4v) is 5.63. The molecule has 1 saturated heterocycles. The van der Waals surface area contributed by atoms with Gasteiger partial charge in [-0.05, 0) is 19.4 Å². The average Bonchev–Trinajstić information content (AvgIpc) is 3.19. The number of phenols is 2. The van der Waals surface area contributed by atoms with E-state index in [0.717, 1.165) is 0 Å². The number of phenolic OH excluding ortho intramolecular Hbond substituents is 2. The van der Waals surface area contributed by atoms with Crippen LogP contribution in [-0.2, 0) is 9.47 Å². The lowest BCUT2D eigenvalue weighted by molar-refractivity contribution is -0.271. The summed E-state index contributed by atoms with van der Waals surface area (Å²) in [5.74, 6) is -4.20. The summed E-state index contributed by atoms with van der Waals surface area (Å²) >= 11 is 0. The summed E-state index contributed by atoms with van der Waals surface area (Å²) in [5, 5.41) is 34.2. The van der Waals surface area contributed by atoms with Crippen LogP contribution in [0.2, 0.25) is 0 Å². The SMILES string of the molecule is Cc1cccc2c1C(=O)c1c(O)c3c(c(O)c1C2=O)C(C)[C@@](O)(C1(C)OCCO1)CC3N. The van der Waals surface area contributed by atoms with E-state index in [1.54, 1.807) is 32.9 Å². The first kappa shape index (κ1) is 21.1. The van der Waals surface area contributed by atoms with Crippen LogP contribution < -0.4 is 5.73 Å². The molecule has 1 heterocycles. The van der Waals surface area contributed by atoms with E-state index in [9.17, 15) is 24.9 Å². The maximum absolute atomic E-state index is 13.4. The van der Waals surface area contributed by atoms with Gasteiger partial charge in [0.15, 0.2) is 17.4 Å². The zero-order chi connectivity index (χ0) is 23.2. The third kappa shape index (κ3) is 2.40. The Balaban J connectivity index is 1.78. The van der Waals surface area contributed by atoms with E-state index in [-0.39, 0.29) is 53.0 Å². The molecule has 8 nitrogen and oxygen atoms in total. The fraction of sp³-hybridized carbons (Fsp3) is 0.417. The van der Waals surface area contributed by atoms with Crippen molar-refractivity contribution >= 4 is 11.6 Å². The number of ketones is 2. The van der Waals surface area contributed by atoms with Crippen molar-refractivity contribution in [3.63, 3.8) is 0 Å². The largest absolute Gasteiger partial charge is 0.507 e. The number of hydrogen-bond donors (Lipinski definition) is 4. The van der Waals surface area contributed by atoms with Crippen LogP contribution in [0, 0.1) is 6.92 Å². The molecule has 2 aromatic carbocycles. The minimum absolute atomic E-state index is 0.0405. The van der Waals surface area contributed by atoms with Crippen LogP contribution in [0.25, 0.3) is 0 Å². The van der Waals surface area contributed by atoms with Gasteiger partial charge in [-0.1, -0.05) is 25.1 Å². The van der Waals surface area contributed by atoms with Gasteiger partial charge in [0.2, 0.25) is 0 Å². The highest BCUT2D eigenvalue weighted by atomic mass is 16.7. The second-order valence-corrected chi connectivity index (χ2v) is 9.03. The number of fused-ring (bicyclic) bond motifs is 3. The average molecular weight is 439 g/mol. The summed E-state index contributed by atoms with van der Waals surface area (Å²) < 4.78 is 11.4. The van der Waals surface area contributed by atoms with Crippen molar-refractivity contribution < 1.29 is 34.4 Å². The molecule has 0 amide bonds. The van der Waals surface area contributed by atoms with Crippen molar-refractivity contribution in [1.29, 1.82) is 0 Å². The number of aryl methyl sites for hydroxylation is 1. The summed E-state index contributed by atoms with van der Waals surface area (Å²) in [7, 11) is 0. The Morgan fingerprint density at radius 1 is 1.00 bits per heavy atom. The van der Waals surface area contributed by atoms with Crippen LogP contribution >= 0.6 is 0 Å². The van der Waals surface area contributed by atoms with Crippen molar-refractivity contribution in [2.75, 3.05) is 13.2 Å². The van der Waals surface area contributed by atoms with Crippen LogP contribution in [-0.4, -0.2) is 51.5 Å². The Bertz CT molecular complexity index is 1200. The second-order valence-electron chi connectivity index (χ2n) is 9.03. The Labute approximate surface area is 184 Å². The van der Waals surface area contributed by atoms with Gasteiger partial charge in [-0.3, -0.25) is 9.59 Å². The fourth-order valence-electron chi connectivity index (χ4n) is 5.63. The molecule has 0 saturated carbocycles.